The largest absolute Gasteiger partial charge is 0.400 e. The number of aliphatic hydroxyl groups is 1. The van der Waals surface area contributed by atoms with Crippen molar-refractivity contribution in [1.82, 2.24) is 9.78 Å². The number of benzene rings is 1. The minimum atomic E-state index is -0.330. The molecule has 0 saturated heterocycles. The summed E-state index contributed by atoms with van der Waals surface area (Å²) in [4.78, 5) is 10.2. The maximum Gasteiger partial charge on any atom is 0.156 e. The first-order chi connectivity index (χ1) is 9.13. The number of carbonyl (C=O) groups is 1. The quantitative estimate of drug-likeness (QED) is 0.665. The molecule has 0 aliphatic rings. The lowest BCUT2D eigenvalue weighted by molar-refractivity contribution is -0.107. The van der Waals surface area contributed by atoms with Crippen LogP contribution in [0.15, 0.2) is 16.6 Å². The van der Waals surface area contributed by atoms with Crippen molar-refractivity contribution in [1.29, 1.82) is 0 Å². The van der Waals surface area contributed by atoms with Crippen molar-refractivity contribution in [3.63, 3.8) is 0 Å². The number of aliphatic hydroxyl groups excluding tert-OH is 1. The Balaban J connectivity index is 0.000000861. The van der Waals surface area contributed by atoms with Crippen LogP contribution in [0.4, 0.5) is 10.2 Å². The number of nitrogens with one attached hydrogen (secondary N) is 1. The lowest BCUT2D eigenvalue weighted by Crippen LogP contribution is -2.03. The van der Waals surface area contributed by atoms with Crippen molar-refractivity contribution in [3.8, 4) is 0 Å². The molecular weight excluding hydrogens is 317 g/mol. The predicted molar refractivity (Wildman–Crippen MR) is 75.7 cm³/mol. The second-order valence-corrected chi connectivity index (χ2v) is 4.49. The number of carbonyl (C=O) groups excluding carboxylic acids is 1. The molecule has 0 bridgehead atoms. The molecule has 0 aliphatic carbocycles. The number of hydrogen-bond donors (Lipinski definition) is 2. The minimum absolute atomic E-state index is 0.330. The monoisotopic (exact) mass is 331 g/mol. The summed E-state index contributed by atoms with van der Waals surface area (Å²) in [5, 5.41) is 15.0. The zero-order valence-corrected chi connectivity index (χ0v) is 12.2. The maximum atomic E-state index is 13.5. The van der Waals surface area contributed by atoms with Gasteiger partial charge in [-0.1, -0.05) is 0 Å². The van der Waals surface area contributed by atoms with Crippen LogP contribution in [0.2, 0.25) is 0 Å². The van der Waals surface area contributed by atoms with Gasteiger partial charge in [-0.25, -0.2) is 4.39 Å². The van der Waals surface area contributed by atoms with E-state index in [0.29, 0.717) is 28.6 Å². The molecule has 2 rings (SSSR count). The molecular formula is C12H15BrFN3O2. The predicted octanol–water partition coefficient (Wildman–Crippen LogP) is 2.08. The van der Waals surface area contributed by atoms with Gasteiger partial charge in [0, 0.05) is 32.5 Å². The molecule has 0 fully saturated rings. The Morgan fingerprint density at radius 1 is 1.53 bits per heavy atom. The topological polar surface area (TPSA) is 67.2 Å². The van der Waals surface area contributed by atoms with E-state index in [2.05, 4.69) is 26.3 Å². The van der Waals surface area contributed by atoms with Crippen molar-refractivity contribution < 1.29 is 14.3 Å². The first-order valence-corrected chi connectivity index (χ1v) is 6.36. The lowest BCUT2D eigenvalue weighted by Gasteiger charge is -2.00. The zero-order valence-electron chi connectivity index (χ0n) is 10.7. The second kappa shape index (κ2) is 7.20. The third kappa shape index (κ3) is 3.51. The summed E-state index contributed by atoms with van der Waals surface area (Å²) in [5.74, 6) is 0.264. The standard InChI is InChI=1S/C11H11BrFN3O.CH4O/c1-16-10-6-8(12)9(13)5-7(10)11(15-16)14-3-2-4-17;1-2/h4-6H,2-3H2,1H3,(H,14,15);2H,1H3. The molecule has 0 atom stereocenters. The Morgan fingerprint density at radius 3 is 2.84 bits per heavy atom. The number of halogens is 2. The molecule has 1 heterocycles. The fraction of sp³-hybridized carbons (Fsp3) is 0.333. The smallest absolute Gasteiger partial charge is 0.156 e. The Hall–Kier alpha value is -1.47. The molecule has 0 unspecified atom stereocenters. The van der Waals surface area contributed by atoms with Crippen LogP contribution in [0.1, 0.15) is 6.42 Å². The van der Waals surface area contributed by atoms with Crippen molar-refractivity contribution in [2.75, 3.05) is 19.0 Å². The molecule has 0 radical (unpaired) electrons. The maximum absolute atomic E-state index is 13.5. The Bertz CT molecular complexity index is 572. The van der Waals surface area contributed by atoms with E-state index in [1.807, 2.05) is 0 Å². The van der Waals surface area contributed by atoms with Crippen LogP contribution >= 0.6 is 15.9 Å². The van der Waals surface area contributed by atoms with Gasteiger partial charge in [0.1, 0.15) is 12.1 Å². The lowest BCUT2D eigenvalue weighted by atomic mass is 10.2. The van der Waals surface area contributed by atoms with E-state index in [1.54, 1.807) is 17.8 Å². The average Bonchev–Trinajstić information content (AvgIpc) is 2.70. The number of aryl methyl sites for hydroxylation is 1. The number of anilines is 1. The van der Waals surface area contributed by atoms with Crippen LogP contribution in [0.3, 0.4) is 0 Å². The van der Waals surface area contributed by atoms with E-state index < -0.39 is 0 Å². The summed E-state index contributed by atoms with van der Waals surface area (Å²) in [6.45, 7) is 0.493. The van der Waals surface area contributed by atoms with Crippen molar-refractivity contribution in [2.24, 2.45) is 7.05 Å². The molecule has 2 N–H and O–H groups in total. The summed E-state index contributed by atoms with van der Waals surface area (Å²) in [7, 11) is 2.79. The highest BCUT2D eigenvalue weighted by molar-refractivity contribution is 9.10. The van der Waals surface area contributed by atoms with Gasteiger partial charge in [-0.15, -0.1) is 0 Å². The van der Waals surface area contributed by atoms with Gasteiger partial charge in [0.15, 0.2) is 5.82 Å². The third-order valence-electron chi connectivity index (χ3n) is 2.45. The zero-order chi connectivity index (χ0) is 14.4. The van der Waals surface area contributed by atoms with E-state index in [9.17, 15) is 9.18 Å². The first-order valence-electron chi connectivity index (χ1n) is 5.57. The minimum Gasteiger partial charge on any atom is -0.400 e. The van der Waals surface area contributed by atoms with Crippen LogP contribution < -0.4 is 5.32 Å². The molecule has 0 saturated carbocycles. The third-order valence-corrected chi connectivity index (χ3v) is 3.05. The number of hydrogen-bond acceptors (Lipinski definition) is 4. The Kier molecular flexibility index (Phi) is 5.91. The fourth-order valence-corrected chi connectivity index (χ4v) is 1.96. The Labute approximate surface area is 118 Å². The molecule has 5 nitrogen and oxygen atoms in total. The van der Waals surface area contributed by atoms with Crippen molar-refractivity contribution >= 4 is 38.9 Å². The van der Waals surface area contributed by atoms with Crippen molar-refractivity contribution in [3.05, 3.63) is 22.4 Å². The molecule has 19 heavy (non-hydrogen) atoms. The van der Waals surface area contributed by atoms with E-state index in [0.717, 1.165) is 18.9 Å². The molecule has 7 heteroatoms. The van der Waals surface area contributed by atoms with E-state index in [1.165, 1.54) is 6.07 Å². The van der Waals surface area contributed by atoms with E-state index in [4.69, 9.17) is 5.11 Å². The fourth-order valence-electron chi connectivity index (χ4n) is 1.63. The van der Waals surface area contributed by atoms with Crippen LogP contribution in [-0.2, 0) is 11.8 Å². The van der Waals surface area contributed by atoms with E-state index >= 15 is 0 Å². The molecule has 1 aromatic carbocycles. The molecule has 0 spiro atoms. The molecule has 1 aromatic heterocycles. The molecule has 104 valence electrons. The van der Waals surface area contributed by atoms with Gasteiger partial charge in [-0.3, -0.25) is 4.68 Å². The highest BCUT2D eigenvalue weighted by Crippen LogP contribution is 2.27. The van der Waals surface area contributed by atoms with Gasteiger partial charge < -0.3 is 15.2 Å². The van der Waals surface area contributed by atoms with E-state index in [-0.39, 0.29) is 5.82 Å². The SMILES string of the molecule is CO.Cn1nc(NCCC=O)c2cc(F)c(Br)cc21. The number of rotatable bonds is 4. The Morgan fingerprint density at radius 2 is 2.21 bits per heavy atom. The molecule has 2 aromatic rings. The van der Waals surface area contributed by atoms with Crippen LogP contribution in [-0.4, -0.2) is 34.8 Å². The number of nitrogens with zero attached hydrogens (tertiary/aromatic N) is 2. The molecule has 0 amide bonds. The summed E-state index contributed by atoms with van der Waals surface area (Å²) in [6.07, 6.45) is 1.23. The summed E-state index contributed by atoms with van der Waals surface area (Å²) >= 11 is 3.14. The van der Waals surface area contributed by atoms with Crippen molar-refractivity contribution in [2.45, 2.75) is 6.42 Å². The number of aromatic nitrogens is 2. The highest BCUT2D eigenvalue weighted by atomic mass is 79.9. The normalized spacial score (nSPS) is 9.95. The second-order valence-electron chi connectivity index (χ2n) is 3.64. The van der Waals surface area contributed by atoms with Crippen LogP contribution in [0.5, 0.6) is 0 Å². The average molecular weight is 332 g/mol. The van der Waals surface area contributed by atoms with Crippen LogP contribution in [0.25, 0.3) is 10.9 Å². The molecule has 0 aliphatic heterocycles. The highest BCUT2D eigenvalue weighted by Gasteiger charge is 2.11. The number of fused-ring (bicyclic) bond motifs is 1. The van der Waals surface area contributed by atoms with Gasteiger partial charge in [-0.2, -0.15) is 5.10 Å². The van der Waals surface area contributed by atoms with Gasteiger partial charge in [0.2, 0.25) is 0 Å². The first kappa shape index (κ1) is 15.6. The summed E-state index contributed by atoms with van der Waals surface area (Å²) in [6, 6.07) is 3.11. The van der Waals surface area contributed by atoms with Gasteiger partial charge in [0.05, 0.1) is 9.99 Å². The van der Waals surface area contributed by atoms with Gasteiger partial charge >= 0.3 is 0 Å². The van der Waals surface area contributed by atoms with Crippen LogP contribution in [0, 0.1) is 5.82 Å². The van der Waals surface area contributed by atoms with Gasteiger partial charge in [0.25, 0.3) is 0 Å². The number of aldehydes is 1. The van der Waals surface area contributed by atoms with Gasteiger partial charge in [-0.05, 0) is 28.1 Å². The summed E-state index contributed by atoms with van der Waals surface area (Å²) < 4.78 is 15.5. The summed E-state index contributed by atoms with van der Waals surface area (Å²) in [5.41, 5.74) is 0.826.